The second-order valence-corrected chi connectivity index (χ2v) is 5.97. The van der Waals surface area contributed by atoms with Crippen molar-refractivity contribution in [3.05, 3.63) is 48.5 Å². The monoisotopic (exact) mass is 386 g/mol. The number of hydrogen-bond acceptors (Lipinski definition) is 5. The van der Waals surface area contributed by atoms with Crippen molar-refractivity contribution in [1.29, 1.82) is 0 Å². The molecule has 0 saturated heterocycles. The van der Waals surface area contributed by atoms with E-state index in [4.69, 9.17) is 14.2 Å². The van der Waals surface area contributed by atoms with Crippen molar-refractivity contribution in [2.24, 2.45) is 0 Å². The van der Waals surface area contributed by atoms with Crippen LogP contribution in [0.15, 0.2) is 48.5 Å². The van der Waals surface area contributed by atoms with E-state index in [1.807, 2.05) is 30.3 Å². The topological polar surface area (TPSA) is 77.1 Å². The molecule has 0 heterocycles. The fourth-order valence-electron chi connectivity index (χ4n) is 2.63. The summed E-state index contributed by atoms with van der Waals surface area (Å²) in [5, 5.41) is 2.81. The van der Waals surface area contributed by atoms with Crippen LogP contribution in [0.4, 0.5) is 5.69 Å². The maximum Gasteiger partial charge on any atom is 0.224 e. The first-order valence-corrected chi connectivity index (χ1v) is 9.00. The number of anilines is 1. The number of carbonyl (C=O) groups is 2. The lowest BCUT2D eigenvalue weighted by atomic mass is 10.2. The molecule has 2 aromatic carbocycles. The summed E-state index contributed by atoms with van der Waals surface area (Å²) in [6.07, 6.45) is 0.237. The number of hydrogen-bond donors (Lipinski definition) is 1. The molecule has 2 amide bonds. The van der Waals surface area contributed by atoms with Crippen molar-refractivity contribution in [2.75, 3.05) is 38.8 Å². The molecule has 0 spiro atoms. The van der Waals surface area contributed by atoms with E-state index in [2.05, 4.69) is 5.32 Å². The molecule has 0 atom stereocenters. The van der Waals surface area contributed by atoms with Crippen LogP contribution < -0.4 is 24.4 Å². The van der Waals surface area contributed by atoms with Crippen LogP contribution in [-0.2, 0) is 9.59 Å². The minimum atomic E-state index is -0.148. The number of para-hydroxylation sites is 1. The standard InChI is InChI=1S/C21H26N2O5/c1-16(24)23(19-10-9-18(26-2)15-20(19)27-3)13-12-22-21(25)11-14-28-17-7-5-4-6-8-17/h4-10,15H,11-14H2,1-3H3,(H,22,25). The molecule has 150 valence electrons. The van der Waals surface area contributed by atoms with Gasteiger partial charge in [-0.1, -0.05) is 18.2 Å². The van der Waals surface area contributed by atoms with Crippen LogP contribution in [0.2, 0.25) is 0 Å². The zero-order chi connectivity index (χ0) is 20.4. The summed E-state index contributed by atoms with van der Waals surface area (Å²) in [4.78, 5) is 25.6. The number of methoxy groups -OCH3 is 2. The van der Waals surface area contributed by atoms with Crippen LogP contribution in [0.5, 0.6) is 17.2 Å². The maximum absolute atomic E-state index is 12.1. The van der Waals surface area contributed by atoms with Gasteiger partial charge in [0.05, 0.1) is 32.9 Å². The predicted octanol–water partition coefficient (Wildman–Crippen LogP) is 2.64. The average Bonchev–Trinajstić information content (AvgIpc) is 2.71. The summed E-state index contributed by atoms with van der Waals surface area (Å²) in [5.74, 6) is 1.60. The van der Waals surface area contributed by atoms with Crippen molar-refractivity contribution >= 4 is 17.5 Å². The first-order valence-electron chi connectivity index (χ1n) is 9.00. The van der Waals surface area contributed by atoms with Gasteiger partial charge < -0.3 is 24.4 Å². The Morgan fingerprint density at radius 3 is 2.39 bits per heavy atom. The van der Waals surface area contributed by atoms with Gasteiger partial charge in [-0.15, -0.1) is 0 Å². The Morgan fingerprint density at radius 1 is 1.00 bits per heavy atom. The molecule has 0 bridgehead atoms. The number of ether oxygens (including phenoxy) is 3. The highest BCUT2D eigenvalue weighted by Crippen LogP contribution is 2.32. The van der Waals surface area contributed by atoms with Crippen LogP contribution in [0.25, 0.3) is 0 Å². The molecule has 0 aromatic heterocycles. The molecule has 0 saturated carbocycles. The molecule has 0 radical (unpaired) electrons. The smallest absolute Gasteiger partial charge is 0.224 e. The first-order chi connectivity index (χ1) is 13.5. The van der Waals surface area contributed by atoms with Gasteiger partial charge in [-0.25, -0.2) is 0 Å². The van der Waals surface area contributed by atoms with Crippen molar-refractivity contribution in [3.8, 4) is 17.2 Å². The van der Waals surface area contributed by atoms with E-state index in [-0.39, 0.29) is 18.2 Å². The largest absolute Gasteiger partial charge is 0.497 e. The Hall–Kier alpha value is -3.22. The van der Waals surface area contributed by atoms with Gasteiger partial charge in [0.25, 0.3) is 0 Å². The third kappa shape index (κ3) is 6.19. The zero-order valence-corrected chi connectivity index (χ0v) is 16.4. The van der Waals surface area contributed by atoms with E-state index in [9.17, 15) is 9.59 Å². The van der Waals surface area contributed by atoms with Gasteiger partial charge in [-0.3, -0.25) is 9.59 Å². The van der Waals surface area contributed by atoms with Crippen molar-refractivity contribution < 1.29 is 23.8 Å². The molecular formula is C21H26N2O5. The molecule has 2 rings (SSSR count). The minimum absolute atomic E-state index is 0.138. The Bertz CT molecular complexity index is 780. The number of benzene rings is 2. The van der Waals surface area contributed by atoms with Crippen molar-refractivity contribution in [1.82, 2.24) is 5.32 Å². The normalized spacial score (nSPS) is 10.1. The molecule has 0 aliphatic carbocycles. The Morgan fingerprint density at radius 2 is 1.75 bits per heavy atom. The molecule has 2 aromatic rings. The van der Waals surface area contributed by atoms with Crippen LogP contribution in [-0.4, -0.2) is 45.7 Å². The van der Waals surface area contributed by atoms with E-state index in [0.29, 0.717) is 36.9 Å². The highest BCUT2D eigenvalue weighted by Gasteiger charge is 2.17. The average molecular weight is 386 g/mol. The van der Waals surface area contributed by atoms with Gasteiger partial charge in [0.1, 0.15) is 17.2 Å². The second-order valence-electron chi connectivity index (χ2n) is 5.97. The molecular weight excluding hydrogens is 360 g/mol. The zero-order valence-electron chi connectivity index (χ0n) is 16.4. The first kappa shape index (κ1) is 21.1. The van der Waals surface area contributed by atoms with E-state index in [1.54, 1.807) is 30.2 Å². The van der Waals surface area contributed by atoms with Gasteiger partial charge in [0.15, 0.2) is 0 Å². The lowest BCUT2D eigenvalue weighted by Gasteiger charge is -2.23. The molecule has 0 unspecified atom stereocenters. The Labute approximate surface area is 165 Å². The van der Waals surface area contributed by atoms with Gasteiger partial charge >= 0.3 is 0 Å². The van der Waals surface area contributed by atoms with Gasteiger partial charge in [0, 0.05) is 26.1 Å². The van der Waals surface area contributed by atoms with E-state index in [1.165, 1.54) is 14.0 Å². The third-order valence-electron chi connectivity index (χ3n) is 4.06. The van der Waals surface area contributed by atoms with Gasteiger partial charge in [-0.2, -0.15) is 0 Å². The number of nitrogens with one attached hydrogen (secondary N) is 1. The summed E-state index contributed by atoms with van der Waals surface area (Å²) in [6, 6.07) is 14.6. The van der Waals surface area contributed by atoms with Crippen molar-refractivity contribution in [3.63, 3.8) is 0 Å². The molecule has 1 N–H and O–H groups in total. The minimum Gasteiger partial charge on any atom is -0.497 e. The fourth-order valence-corrected chi connectivity index (χ4v) is 2.63. The molecule has 7 heteroatoms. The fraction of sp³-hybridized carbons (Fsp3) is 0.333. The predicted molar refractivity (Wildman–Crippen MR) is 107 cm³/mol. The van der Waals surface area contributed by atoms with E-state index >= 15 is 0 Å². The van der Waals surface area contributed by atoms with Crippen LogP contribution in [0, 0.1) is 0 Å². The Balaban J connectivity index is 1.85. The lowest BCUT2D eigenvalue weighted by molar-refractivity contribution is -0.122. The quantitative estimate of drug-likeness (QED) is 0.679. The highest BCUT2D eigenvalue weighted by atomic mass is 16.5. The third-order valence-corrected chi connectivity index (χ3v) is 4.06. The van der Waals surface area contributed by atoms with Crippen molar-refractivity contribution in [2.45, 2.75) is 13.3 Å². The summed E-state index contributed by atoms with van der Waals surface area (Å²) >= 11 is 0. The summed E-state index contributed by atoms with van der Waals surface area (Å²) < 4.78 is 16.1. The molecule has 28 heavy (non-hydrogen) atoms. The molecule has 0 aliphatic heterocycles. The number of rotatable bonds is 10. The van der Waals surface area contributed by atoms with E-state index < -0.39 is 0 Å². The van der Waals surface area contributed by atoms with Gasteiger partial charge in [-0.05, 0) is 24.3 Å². The second kappa shape index (κ2) is 10.8. The lowest BCUT2D eigenvalue weighted by Crippen LogP contribution is -2.38. The molecule has 0 fully saturated rings. The molecule has 0 aliphatic rings. The summed E-state index contributed by atoms with van der Waals surface area (Å²) in [6.45, 7) is 2.40. The summed E-state index contributed by atoms with van der Waals surface area (Å²) in [7, 11) is 3.10. The highest BCUT2D eigenvalue weighted by molar-refractivity contribution is 5.93. The number of amides is 2. The maximum atomic E-state index is 12.1. The van der Waals surface area contributed by atoms with Crippen LogP contribution >= 0.6 is 0 Å². The number of nitrogens with zero attached hydrogens (tertiary/aromatic N) is 1. The van der Waals surface area contributed by atoms with Crippen LogP contribution in [0.3, 0.4) is 0 Å². The van der Waals surface area contributed by atoms with E-state index in [0.717, 1.165) is 5.75 Å². The number of carbonyl (C=O) groups excluding carboxylic acids is 2. The Kier molecular flexibility index (Phi) is 8.14. The van der Waals surface area contributed by atoms with Gasteiger partial charge in [0.2, 0.25) is 11.8 Å². The van der Waals surface area contributed by atoms with Crippen LogP contribution in [0.1, 0.15) is 13.3 Å². The molecule has 7 nitrogen and oxygen atoms in total. The summed E-state index contributed by atoms with van der Waals surface area (Å²) in [5.41, 5.74) is 0.623. The SMILES string of the molecule is COc1ccc(N(CCNC(=O)CCOc2ccccc2)C(C)=O)c(OC)c1.